The van der Waals surface area contributed by atoms with Crippen molar-refractivity contribution in [1.29, 1.82) is 0 Å². The lowest BCUT2D eigenvalue weighted by Crippen LogP contribution is -2.29. The van der Waals surface area contributed by atoms with Crippen molar-refractivity contribution in [3.05, 3.63) is 54.0 Å². The second kappa shape index (κ2) is 6.97. The molecule has 0 atom stereocenters. The second-order valence-corrected chi connectivity index (χ2v) is 7.52. The Balaban J connectivity index is 2.05. The maximum absolute atomic E-state index is 12.3. The highest BCUT2D eigenvalue weighted by molar-refractivity contribution is 7.89. The first-order valence-electron chi connectivity index (χ1n) is 7.13. The Morgan fingerprint density at radius 3 is 2.26 bits per heavy atom. The van der Waals surface area contributed by atoms with E-state index in [1.165, 1.54) is 38.4 Å². The normalized spacial score (nSPS) is 11.7. The number of rotatable bonds is 6. The van der Waals surface area contributed by atoms with Gasteiger partial charge in [0.2, 0.25) is 10.0 Å². The molecule has 1 heterocycles. The van der Waals surface area contributed by atoms with Crippen molar-refractivity contribution in [1.82, 2.24) is 9.21 Å². The number of likely N-dealkylation sites (N-methyl/N-ethyl adjacent to an activating group) is 1. The molecule has 0 bridgehead atoms. The Bertz CT molecular complexity index is 750. The van der Waals surface area contributed by atoms with Gasteiger partial charge in [0.1, 0.15) is 5.76 Å². The molecule has 0 saturated heterocycles. The van der Waals surface area contributed by atoms with E-state index in [4.69, 9.17) is 4.42 Å². The van der Waals surface area contributed by atoms with Gasteiger partial charge in [0.05, 0.1) is 11.2 Å². The number of amides is 1. The van der Waals surface area contributed by atoms with E-state index in [1.807, 2.05) is 6.07 Å². The minimum Gasteiger partial charge on any atom is -0.469 e. The molecular weight excluding hydrogens is 316 g/mol. The van der Waals surface area contributed by atoms with Crippen LogP contribution < -0.4 is 0 Å². The summed E-state index contributed by atoms with van der Waals surface area (Å²) in [5.74, 6) is 0.655. The molecule has 2 aromatic rings. The molecule has 0 saturated carbocycles. The van der Waals surface area contributed by atoms with E-state index in [0.29, 0.717) is 18.5 Å². The fourth-order valence-electron chi connectivity index (χ4n) is 2.03. The minimum absolute atomic E-state index is 0.162. The minimum atomic E-state index is -3.48. The van der Waals surface area contributed by atoms with Crippen molar-refractivity contribution >= 4 is 15.9 Å². The average Bonchev–Trinajstić information content (AvgIpc) is 3.05. The van der Waals surface area contributed by atoms with Gasteiger partial charge in [0.25, 0.3) is 5.91 Å². The number of hydrogen-bond donors (Lipinski definition) is 0. The third-order valence-electron chi connectivity index (χ3n) is 3.50. The predicted molar refractivity (Wildman–Crippen MR) is 86.7 cm³/mol. The van der Waals surface area contributed by atoms with Crippen LogP contribution in [0.5, 0.6) is 0 Å². The van der Waals surface area contributed by atoms with Crippen LogP contribution in [0.3, 0.4) is 0 Å². The molecule has 0 N–H and O–H groups in total. The molecule has 7 heteroatoms. The molecule has 0 radical (unpaired) electrons. The van der Waals surface area contributed by atoms with Crippen LogP contribution in [0.4, 0.5) is 0 Å². The highest BCUT2D eigenvalue weighted by Crippen LogP contribution is 2.15. The third-order valence-corrected chi connectivity index (χ3v) is 5.33. The summed E-state index contributed by atoms with van der Waals surface area (Å²) in [6, 6.07) is 9.62. The zero-order chi connectivity index (χ0) is 17.0. The van der Waals surface area contributed by atoms with Crippen LogP contribution in [0.15, 0.2) is 52.0 Å². The number of furan rings is 1. The average molecular weight is 336 g/mol. The van der Waals surface area contributed by atoms with E-state index in [-0.39, 0.29) is 10.8 Å². The Hall–Kier alpha value is -2.12. The number of hydrogen-bond acceptors (Lipinski definition) is 4. The molecule has 6 nitrogen and oxygen atoms in total. The molecule has 0 aliphatic rings. The predicted octanol–water partition coefficient (Wildman–Crippen LogP) is 1.84. The molecular formula is C16H20N2O4S. The van der Waals surface area contributed by atoms with Crippen molar-refractivity contribution in [2.45, 2.75) is 11.3 Å². The number of nitrogens with zero attached hydrogens (tertiary/aromatic N) is 2. The fraction of sp³-hybridized carbons (Fsp3) is 0.312. The van der Waals surface area contributed by atoms with Crippen molar-refractivity contribution in [3.63, 3.8) is 0 Å². The van der Waals surface area contributed by atoms with Crippen LogP contribution in [0.1, 0.15) is 16.1 Å². The topological polar surface area (TPSA) is 70.8 Å². The smallest absolute Gasteiger partial charge is 0.253 e. The third kappa shape index (κ3) is 4.00. The summed E-state index contributed by atoms with van der Waals surface area (Å²) in [7, 11) is 1.16. The van der Waals surface area contributed by atoms with E-state index < -0.39 is 10.0 Å². The van der Waals surface area contributed by atoms with E-state index in [1.54, 1.807) is 24.3 Å². The summed E-state index contributed by atoms with van der Waals surface area (Å²) in [5, 5.41) is 0. The first-order valence-corrected chi connectivity index (χ1v) is 8.57. The van der Waals surface area contributed by atoms with Gasteiger partial charge in [-0.2, -0.15) is 0 Å². The lowest BCUT2D eigenvalue weighted by Gasteiger charge is -2.17. The summed E-state index contributed by atoms with van der Waals surface area (Å²) < 4.78 is 30.4. The zero-order valence-electron chi connectivity index (χ0n) is 13.4. The van der Waals surface area contributed by atoms with E-state index in [9.17, 15) is 13.2 Å². The van der Waals surface area contributed by atoms with Gasteiger partial charge in [-0.25, -0.2) is 12.7 Å². The lowest BCUT2D eigenvalue weighted by molar-refractivity contribution is 0.0795. The molecule has 0 unspecified atom stereocenters. The van der Waals surface area contributed by atoms with Crippen LogP contribution in [0, 0.1) is 0 Å². The summed E-state index contributed by atoms with van der Waals surface area (Å²) >= 11 is 0. The lowest BCUT2D eigenvalue weighted by atomic mass is 10.2. The van der Waals surface area contributed by atoms with E-state index in [0.717, 1.165) is 10.1 Å². The Kier molecular flexibility index (Phi) is 5.23. The van der Waals surface area contributed by atoms with Crippen molar-refractivity contribution in [2.24, 2.45) is 0 Å². The number of sulfonamides is 1. The molecule has 0 spiro atoms. The molecule has 23 heavy (non-hydrogen) atoms. The van der Waals surface area contributed by atoms with Gasteiger partial charge < -0.3 is 9.32 Å². The van der Waals surface area contributed by atoms with Gasteiger partial charge in [-0.05, 0) is 36.4 Å². The molecule has 1 aromatic heterocycles. The molecule has 0 aliphatic carbocycles. The van der Waals surface area contributed by atoms with Crippen molar-refractivity contribution in [2.75, 3.05) is 27.7 Å². The van der Waals surface area contributed by atoms with Crippen LogP contribution in [-0.4, -0.2) is 51.2 Å². The van der Waals surface area contributed by atoms with Crippen molar-refractivity contribution in [3.8, 4) is 0 Å². The largest absolute Gasteiger partial charge is 0.469 e. The quantitative estimate of drug-likeness (QED) is 0.807. The standard InChI is InChI=1S/C16H20N2O4S/c1-17(2)23(20,21)15-8-6-13(7-9-15)16(19)18(3)11-10-14-5-4-12-22-14/h4-9,12H,10-11H2,1-3H3. The monoisotopic (exact) mass is 336 g/mol. The van der Waals surface area contributed by atoms with Gasteiger partial charge in [-0.15, -0.1) is 0 Å². The number of carbonyl (C=O) groups is 1. The SMILES string of the molecule is CN(CCc1ccco1)C(=O)c1ccc(S(=O)(=O)N(C)C)cc1. The van der Waals surface area contributed by atoms with E-state index in [2.05, 4.69) is 0 Å². The molecule has 1 aromatic carbocycles. The molecule has 124 valence electrons. The summed E-state index contributed by atoms with van der Waals surface area (Å²) in [6.07, 6.45) is 2.23. The molecule has 0 fully saturated rings. The van der Waals surface area contributed by atoms with Gasteiger partial charge in [0.15, 0.2) is 0 Å². The Morgan fingerprint density at radius 2 is 1.74 bits per heavy atom. The van der Waals surface area contributed by atoms with Gasteiger partial charge >= 0.3 is 0 Å². The Labute approximate surface area is 136 Å². The molecule has 1 amide bonds. The zero-order valence-corrected chi connectivity index (χ0v) is 14.2. The number of benzene rings is 1. The van der Waals surface area contributed by atoms with Crippen LogP contribution >= 0.6 is 0 Å². The summed E-state index contributed by atoms with van der Waals surface area (Å²) in [5.41, 5.74) is 0.449. The number of carbonyl (C=O) groups excluding carboxylic acids is 1. The molecule has 2 rings (SSSR count). The van der Waals surface area contributed by atoms with E-state index >= 15 is 0 Å². The van der Waals surface area contributed by atoms with Crippen LogP contribution in [-0.2, 0) is 16.4 Å². The Morgan fingerprint density at radius 1 is 1.09 bits per heavy atom. The van der Waals surface area contributed by atoms with Gasteiger partial charge in [-0.1, -0.05) is 0 Å². The maximum Gasteiger partial charge on any atom is 0.253 e. The van der Waals surface area contributed by atoms with Gasteiger partial charge in [0, 0.05) is 39.7 Å². The maximum atomic E-state index is 12.3. The highest BCUT2D eigenvalue weighted by atomic mass is 32.2. The highest BCUT2D eigenvalue weighted by Gasteiger charge is 2.18. The van der Waals surface area contributed by atoms with Crippen molar-refractivity contribution < 1.29 is 17.6 Å². The van der Waals surface area contributed by atoms with Crippen LogP contribution in [0.25, 0.3) is 0 Å². The summed E-state index contributed by atoms with van der Waals surface area (Å²) in [4.78, 5) is 14.1. The molecule has 0 aliphatic heterocycles. The first-order chi connectivity index (χ1) is 10.8. The fourth-order valence-corrected chi connectivity index (χ4v) is 2.94. The van der Waals surface area contributed by atoms with Gasteiger partial charge in [-0.3, -0.25) is 4.79 Å². The second-order valence-electron chi connectivity index (χ2n) is 5.37. The summed E-state index contributed by atoms with van der Waals surface area (Å²) in [6.45, 7) is 0.518. The van der Waals surface area contributed by atoms with Crippen LogP contribution in [0.2, 0.25) is 0 Å². The first kappa shape index (κ1) is 17.2.